The standard InChI is InChI=1S/C20H24O3P2S/c1-17(25(26)22-15-20(2,3)16-23-25)14-24(21,18-10-6-4-7-11-18)19-12-8-5-9-13-19/h4-13H,1,14-16H2,2-3H3. The maximum Gasteiger partial charge on any atom is 0.215 e. The summed E-state index contributed by atoms with van der Waals surface area (Å²) in [6.07, 6.45) is 0.263. The Morgan fingerprint density at radius 3 is 1.88 bits per heavy atom. The Morgan fingerprint density at radius 2 is 1.46 bits per heavy atom. The highest BCUT2D eigenvalue weighted by atomic mass is 32.5. The summed E-state index contributed by atoms with van der Waals surface area (Å²) in [5, 5.41) is 2.23. The fraction of sp³-hybridized carbons (Fsp3) is 0.300. The summed E-state index contributed by atoms with van der Waals surface area (Å²) >= 11 is 5.69. The zero-order chi connectivity index (χ0) is 18.8. The van der Waals surface area contributed by atoms with Crippen molar-refractivity contribution in [1.29, 1.82) is 0 Å². The lowest BCUT2D eigenvalue weighted by Gasteiger charge is -2.38. The second kappa shape index (κ2) is 7.54. The highest BCUT2D eigenvalue weighted by Gasteiger charge is 2.38. The molecule has 0 aliphatic carbocycles. The van der Waals surface area contributed by atoms with Crippen molar-refractivity contribution in [2.45, 2.75) is 13.8 Å². The predicted octanol–water partition coefficient (Wildman–Crippen LogP) is 4.90. The Kier molecular flexibility index (Phi) is 5.72. The van der Waals surface area contributed by atoms with E-state index in [1.165, 1.54) is 0 Å². The molecule has 1 saturated heterocycles. The highest BCUT2D eigenvalue weighted by molar-refractivity contribution is 8.12. The van der Waals surface area contributed by atoms with Gasteiger partial charge in [0.05, 0.1) is 13.2 Å². The van der Waals surface area contributed by atoms with E-state index in [1.807, 2.05) is 60.7 Å². The SMILES string of the molecule is C=C(CP(=O)(c1ccccc1)c1ccccc1)P1(=S)OCC(C)(C)CO1. The van der Waals surface area contributed by atoms with Crippen molar-refractivity contribution in [3.8, 4) is 0 Å². The van der Waals surface area contributed by atoms with Gasteiger partial charge >= 0.3 is 0 Å². The average Bonchev–Trinajstić information content (AvgIpc) is 2.65. The fourth-order valence-corrected chi connectivity index (χ4v) is 8.88. The third-order valence-electron chi connectivity index (χ3n) is 4.39. The molecule has 0 saturated carbocycles. The summed E-state index contributed by atoms with van der Waals surface area (Å²) in [5.74, 6) is 0. The van der Waals surface area contributed by atoms with Crippen LogP contribution >= 0.6 is 13.6 Å². The van der Waals surface area contributed by atoms with Crippen LogP contribution in [0.3, 0.4) is 0 Å². The maximum atomic E-state index is 14.1. The molecule has 1 aliphatic heterocycles. The minimum Gasteiger partial charge on any atom is -0.326 e. The molecule has 0 atom stereocenters. The molecule has 26 heavy (non-hydrogen) atoms. The van der Waals surface area contributed by atoms with Crippen LogP contribution in [0.2, 0.25) is 0 Å². The molecule has 0 spiro atoms. The van der Waals surface area contributed by atoms with Crippen molar-refractivity contribution in [3.05, 3.63) is 72.6 Å². The molecule has 2 aromatic rings. The lowest BCUT2D eigenvalue weighted by Crippen LogP contribution is -2.30. The molecule has 6 heteroatoms. The molecule has 0 unspecified atom stereocenters. The van der Waals surface area contributed by atoms with Gasteiger partial charge in [-0.25, -0.2) is 0 Å². The van der Waals surface area contributed by atoms with Crippen LogP contribution in [-0.2, 0) is 25.4 Å². The minimum absolute atomic E-state index is 0.0643. The lowest BCUT2D eigenvalue weighted by atomic mass is 9.97. The van der Waals surface area contributed by atoms with Gasteiger partial charge in [-0.2, -0.15) is 0 Å². The van der Waals surface area contributed by atoms with Crippen molar-refractivity contribution in [2.24, 2.45) is 5.41 Å². The third-order valence-corrected chi connectivity index (χ3v) is 11.0. The third kappa shape index (κ3) is 4.11. The Hall–Kier alpha value is -1.02. The first-order valence-electron chi connectivity index (χ1n) is 8.53. The van der Waals surface area contributed by atoms with E-state index < -0.39 is 13.6 Å². The van der Waals surface area contributed by atoms with E-state index in [9.17, 15) is 4.57 Å². The molecule has 0 radical (unpaired) electrons. The van der Waals surface area contributed by atoms with Gasteiger partial charge in [-0.05, 0) is 11.8 Å². The van der Waals surface area contributed by atoms with Crippen LogP contribution in [0.15, 0.2) is 72.6 Å². The van der Waals surface area contributed by atoms with E-state index in [2.05, 4.69) is 20.4 Å². The average molecular weight is 406 g/mol. The largest absolute Gasteiger partial charge is 0.326 e. The van der Waals surface area contributed by atoms with E-state index in [1.54, 1.807) is 0 Å². The summed E-state index contributed by atoms with van der Waals surface area (Å²) in [4.78, 5) is 0. The molecule has 138 valence electrons. The van der Waals surface area contributed by atoms with E-state index in [-0.39, 0.29) is 11.6 Å². The van der Waals surface area contributed by atoms with Crippen molar-refractivity contribution in [1.82, 2.24) is 0 Å². The van der Waals surface area contributed by atoms with Crippen LogP contribution in [-0.4, -0.2) is 19.4 Å². The topological polar surface area (TPSA) is 35.5 Å². The van der Waals surface area contributed by atoms with Gasteiger partial charge in [0.15, 0.2) is 0 Å². The van der Waals surface area contributed by atoms with Crippen molar-refractivity contribution >= 4 is 36.0 Å². The van der Waals surface area contributed by atoms with Gasteiger partial charge in [0, 0.05) is 27.5 Å². The molecule has 3 rings (SSSR count). The van der Waals surface area contributed by atoms with Gasteiger partial charge < -0.3 is 13.6 Å². The quantitative estimate of drug-likeness (QED) is 0.662. The second-order valence-electron chi connectivity index (χ2n) is 7.34. The second-order valence-corrected chi connectivity index (χ2v) is 13.8. The molecule has 1 heterocycles. The zero-order valence-electron chi connectivity index (χ0n) is 15.1. The summed E-state index contributed by atoms with van der Waals surface area (Å²) in [6.45, 7) is 6.72. The summed E-state index contributed by atoms with van der Waals surface area (Å²) in [7, 11) is -2.92. The molecular weight excluding hydrogens is 382 g/mol. The monoisotopic (exact) mass is 406 g/mol. The van der Waals surface area contributed by atoms with Gasteiger partial charge in [0.2, 0.25) is 6.49 Å². The normalized spacial score (nSPS) is 19.0. The molecular formula is C20H24O3P2S. The first-order valence-corrected chi connectivity index (χ1v) is 13.1. The molecule has 0 bridgehead atoms. The molecule has 0 N–H and O–H groups in total. The summed E-state index contributed by atoms with van der Waals surface area (Å²) in [5.41, 5.74) is -0.0643. The van der Waals surface area contributed by atoms with Gasteiger partial charge in [-0.15, -0.1) is 0 Å². The van der Waals surface area contributed by atoms with E-state index in [0.717, 1.165) is 10.6 Å². The van der Waals surface area contributed by atoms with E-state index in [0.29, 0.717) is 18.5 Å². The molecule has 1 fully saturated rings. The predicted molar refractivity (Wildman–Crippen MR) is 114 cm³/mol. The van der Waals surface area contributed by atoms with E-state index in [4.69, 9.17) is 20.9 Å². The van der Waals surface area contributed by atoms with Gasteiger partial charge in [0.1, 0.15) is 7.14 Å². The first-order chi connectivity index (χ1) is 12.3. The highest BCUT2D eigenvalue weighted by Crippen LogP contribution is 2.63. The molecule has 0 aromatic heterocycles. The minimum atomic E-state index is -2.92. The van der Waals surface area contributed by atoms with E-state index >= 15 is 0 Å². The first kappa shape index (κ1) is 19.7. The number of hydrogen-bond acceptors (Lipinski definition) is 4. The number of allylic oxidation sites excluding steroid dienone is 1. The van der Waals surface area contributed by atoms with Crippen molar-refractivity contribution in [3.63, 3.8) is 0 Å². The van der Waals surface area contributed by atoms with Crippen LogP contribution in [0.4, 0.5) is 0 Å². The molecule has 0 amide bonds. The Morgan fingerprint density at radius 1 is 1.04 bits per heavy atom. The number of rotatable bonds is 5. The van der Waals surface area contributed by atoms with Crippen LogP contribution < -0.4 is 10.6 Å². The molecule has 3 nitrogen and oxygen atoms in total. The van der Waals surface area contributed by atoms with Crippen LogP contribution in [0.5, 0.6) is 0 Å². The number of benzene rings is 2. The Balaban J connectivity index is 1.94. The number of hydrogen-bond donors (Lipinski definition) is 0. The maximum absolute atomic E-state index is 14.1. The molecule has 1 aliphatic rings. The summed E-state index contributed by atoms with van der Waals surface area (Å²) in [6, 6.07) is 19.1. The Labute approximate surface area is 161 Å². The Bertz CT molecular complexity index is 821. The van der Waals surface area contributed by atoms with Crippen LogP contribution in [0.1, 0.15) is 13.8 Å². The summed E-state index contributed by atoms with van der Waals surface area (Å²) < 4.78 is 26.0. The van der Waals surface area contributed by atoms with Crippen LogP contribution in [0.25, 0.3) is 0 Å². The van der Waals surface area contributed by atoms with Crippen molar-refractivity contribution < 1.29 is 13.6 Å². The van der Waals surface area contributed by atoms with Gasteiger partial charge in [-0.1, -0.05) is 81.1 Å². The smallest absolute Gasteiger partial charge is 0.215 e. The molecule has 2 aromatic carbocycles. The fourth-order valence-electron chi connectivity index (χ4n) is 2.79. The van der Waals surface area contributed by atoms with Crippen LogP contribution in [0, 0.1) is 5.41 Å². The zero-order valence-corrected chi connectivity index (χ0v) is 17.7. The van der Waals surface area contributed by atoms with Crippen molar-refractivity contribution in [2.75, 3.05) is 19.4 Å². The van der Waals surface area contributed by atoms with Gasteiger partial charge in [-0.3, -0.25) is 0 Å². The van der Waals surface area contributed by atoms with Gasteiger partial charge in [0.25, 0.3) is 0 Å². The lowest BCUT2D eigenvalue weighted by molar-refractivity contribution is 0.0627.